The van der Waals surface area contributed by atoms with Crippen molar-refractivity contribution in [3.63, 3.8) is 0 Å². The lowest BCUT2D eigenvalue weighted by molar-refractivity contribution is 0.0730. The van der Waals surface area contributed by atoms with Crippen molar-refractivity contribution in [3.8, 4) is 0 Å². The molecule has 1 aromatic heterocycles. The third-order valence-corrected chi connectivity index (χ3v) is 8.32. The van der Waals surface area contributed by atoms with Gasteiger partial charge in [0.1, 0.15) is 11.4 Å². The fraction of sp³-hybridized carbons (Fsp3) is 0.542. The summed E-state index contributed by atoms with van der Waals surface area (Å²) < 4.78 is 32.3. The molecule has 2 heterocycles. The maximum absolute atomic E-state index is 13.2. The number of nitrogens with one attached hydrogen (secondary N) is 3. The highest BCUT2D eigenvalue weighted by atomic mass is 32.2. The van der Waals surface area contributed by atoms with Crippen molar-refractivity contribution in [1.82, 2.24) is 14.3 Å². The zero-order valence-electron chi connectivity index (χ0n) is 20.6. The molecule has 1 saturated carbocycles. The third-order valence-electron chi connectivity index (χ3n) is 6.41. The van der Waals surface area contributed by atoms with Gasteiger partial charge in [0.15, 0.2) is 0 Å². The molecule has 13 heteroatoms. The summed E-state index contributed by atoms with van der Waals surface area (Å²) in [4.78, 5) is 22.0. The SMILES string of the molecule is O=C(Nc1ccc(S(=O)(=O)N2CCOCC2)cc1)c1cnc(NCCCO)nc1N[C@H]1CC[C@H](O)CC1. The summed E-state index contributed by atoms with van der Waals surface area (Å²) in [6.45, 7) is 1.86. The van der Waals surface area contributed by atoms with E-state index in [9.17, 15) is 18.3 Å². The monoisotopic (exact) mass is 534 g/mol. The standard InChI is InChI=1S/C24H34N6O6S/c31-13-1-10-25-24-26-16-21(22(29-24)27-17-2-6-19(32)7-3-17)23(33)28-18-4-8-20(9-5-18)37(34,35)30-11-14-36-15-12-30/h4-5,8-9,16-17,19,31-32H,1-3,6-7,10-15H2,(H,28,33)(H2,25,26,27,29)/t17-,19-. The molecule has 4 rings (SSSR count). The molecule has 2 fully saturated rings. The number of nitrogens with zero attached hydrogens (tertiary/aromatic N) is 3. The van der Waals surface area contributed by atoms with Gasteiger partial charge in [-0.25, -0.2) is 13.4 Å². The van der Waals surface area contributed by atoms with Crippen LogP contribution in [0, 0.1) is 0 Å². The Morgan fingerprint density at radius 3 is 2.49 bits per heavy atom. The summed E-state index contributed by atoms with van der Waals surface area (Å²) in [7, 11) is -3.63. The van der Waals surface area contributed by atoms with E-state index in [1.165, 1.54) is 22.6 Å². The van der Waals surface area contributed by atoms with Crippen LogP contribution in [0.5, 0.6) is 0 Å². The summed E-state index contributed by atoms with van der Waals surface area (Å²) in [6, 6.07) is 6.09. The second kappa shape index (κ2) is 12.6. The number of carbonyl (C=O) groups excluding carboxylic acids is 1. The quantitative estimate of drug-likeness (QED) is 0.280. The number of benzene rings is 1. The number of carbonyl (C=O) groups is 1. The Morgan fingerprint density at radius 2 is 1.81 bits per heavy atom. The Morgan fingerprint density at radius 1 is 1.11 bits per heavy atom. The van der Waals surface area contributed by atoms with Crippen LogP contribution in [0.4, 0.5) is 17.5 Å². The van der Waals surface area contributed by atoms with Gasteiger partial charge in [0.25, 0.3) is 5.91 Å². The van der Waals surface area contributed by atoms with E-state index < -0.39 is 15.9 Å². The van der Waals surface area contributed by atoms with Gasteiger partial charge in [0, 0.05) is 44.2 Å². The summed E-state index contributed by atoms with van der Waals surface area (Å²) in [5, 5.41) is 28.0. The van der Waals surface area contributed by atoms with Crippen LogP contribution in [0.3, 0.4) is 0 Å². The number of aliphatic hydroxyl groups excluding tert-OH is 2. The molecule has 1 aliphatic heterocycles. The number of hydrogen-bond acceptors (Lipinski definition) is 10. The first kappa shape index (κ1) is 27.2. The van der Waals surface area contributed by atoms with Crippen molar-refractivity contribution in [2.24, 2.45) is 0 Å². The number of hydrogen-bond donors (Lipinski definition) is 5. The van der Waals surface area contributed by atoms with Gasteiger partial charge in [0.2, 0.25) is 16.0 Å². The Bertz CT molecular complexity index is 1150. The molecule has 5 N–H and O–H groups in total. The van der Waals surface area contributed by atoms with Gasteiger partial charge < -0.3 is 30.9 Å². The Kier molecular flexibility index (Phi) is 9.27. The molecule has 202 valence electrons. The number of rotatable bonds is 10. The van der Waals surface area contributed by atoms with Gasteiger partial charge in [-0.05, 0) is 56.4 Å². The largest absolute Gasteiger partial charge is 0.396 e. The van der Waals surface area contributed by atoms with E-state index in [1.807, 2.05) is 0 Å². The lowest BCUT2D eigenvalue weighted by Crippen LogP contribution is -2.40. The molecule has 0 spiro atoms. The van der Waals surface area contributed by atoms with Crippen molar-refractivity contribution >= 4 is 33.4 Å². The van der Waals surface area contributed by atoms with Gasteiger partial charge >= 0.3 is 0 Å². The van der Waals surface area contributed by atoms with E-state index in [1.54, 1.807) is 12.1 Å². The number of aliphatic hydroxyl groups is 2. The number of morpholine rings is 1. The van der Waals surface area contributed by atoms with E-state index in [4.69, 9.17) is 9.84 Å². The number of aromatic nitrogens is 2. The zero-order chi connectivity index (χ0) is 26.3. The van der Waals surface area contributed by atoms with Crippen molar-refractivity contribution < 1.29 is 28.2 Å². The summed E-state index contributed by atoms with van der Waals surface area (Å²) in [5.74, 6) is 0.261. The van der Waals surface area contributed by atoms with E-state index >= 15 is 0 Å². The predicted molar refractivity (Wildman–Crippen MR) is 138 cm³/mol. The van der Waals surface area contributed by atoms with Crippen LogP contribution in [0.2, 0.25) is 0 Å². The minimum atomic E-state index is -3.63. The van der Waals surface area contributed by atoms with Crippen molar-refractivity contribution in [2.75, 3.05) is 55.4 Å². The average molecular weight is 535 g/mol. The minimum Gasteiger partial charge on any atom is -0.396 e. The molecule has 1 amide bonds. The van der Waals surface area contributed by atoms with Crippen molar-refractivity contribution in [1.29, 1.82) is 0 Å². The molecule has 2 aliphatic rings. The molecule has 2 aromatic rings. The van der Waals surface area contributed by atoms with Crippen LogP contribution in [-0.4, -0.2) is 90.4 Å². The smallest absolute Gasteiger partial charge is 0.260 e. The highest BCUT2D eigenvalue weighted by molar-refractivity contribution is 7.89. The van der Waals surface area contributed by atoms with Gasteiger partial charge in [-0.3, -0.25) is 4.79 Å². The van der Waals surface area contributed by atoms with E-state index in [-0.39, 0.29) is 29.2 Å². The van der Waals surface area contributed by atoms with Crippen LogP contribution in [0.25, 0.3) is 0 Å². The second-order valence-corrected chi connectivity index (χ2v) is 11.0. The highest BCUT2D eigenvalue weighted by Crippen LogP contribution is 2.25. The molecule has 37 heavy (non-hydrogen) atoms. The van der Waals surface area contributed by atoms with Crippen LogP contribution in [-0.2, 0) is 14.8 Å². The van der Waals surface area contributed by atoms with Gasteiger partial charge in [0.05, 0.1) is 24.2 Å². The molecule has 0 atom stereocenters. The molecule has 1 aromatic carbocycles. The molecule has 0 bridgehead atoms. The number of anilines is 3. The number of sulfonamides is 1. The molecule has 1 saturated heterocycles. The lowest BCUT2D eigenvalue weighted by atomic mass is 9.93. The van der Waals surface area contributed by atoms with E-state index in [2.05, 4.69) is 25.9 Å². The molecule has 0 radical (unpaired) electrons. The van der Waals surface area contributed by atoms with Crippen molar-refractivity contribution in [3.05, 3.63) is 36.0 Å². The minimum absolute atomic E-state index is 0.0372. The highest BCUT2D eigenvalue weighted by Gasteiger charge is 2.26. The van der Waals surface area contributed by atoms with Crippen molar-refractivity contribution in [2.45, 2.75) is 49.1 Å². The second-order valence-electron chi connectivity index (χ2n) is 9.10. The van der Waals surface area contributed by atoms with Gasteiger partial charge in [-0.1, -0.05) is 0 Å². The van der Waals surface area contributed by atoms with Crippen LogP contribution in [0.1, 0.15) is 42.5 Å². The van der Waals surface area contributed by atoms with Crippen LogP contribution >= 0.6 is 0 Å². The van der Waals surface area contributed by atoms with Gasteiger partial charge in [-0.2, -0.15) is 9.29 Å². The maximum atomic E-state index is 13.2. The average Bonchev–Trinajstić information content (AvgIpc) is 2.91. The number of amides is 1. The van der Waals surface area contributed by atoms with E-state index in [0.717, 1.165) is 12.8 Å². The molecular weight excluding hydrogens is 500 g/mol. The first-order valence-electron chi connectivity index (χ1n) is 12.5. The fourth-order valence-electron chi connectivity index (χ4n) is 4.28. The molecule has 0 unspecified atom stereocenters. The predicted octanol–water partition coefficient (Wildman–Crippen LogP) is 1.26. The first-order chi connectivity index (χ1) is 17.9. The molecular formula is C24H34N6O6S. The lowest BCUT2D eigenvalue weighted by Gasteiger charge is -2.27. The Labute approximate surface area is 216 Å². The molecule has 12 nitrogen and oxygen atoms in total. The topological polar surface area (TPSA) is 166 Å². The number of ether oxygens (including phenoxy) is 1. The first-order valence-corrected chi connectivity index (χ1v) is 14.0. The zero-order valence-corrected chi connectivity index (χ0v) is 21.4. The fourth-order valence-corrected chi connectivity index (χ4v) is 5.69. The third kappa shape index (κ3) is 7.14. The van der Waals surface area contributed by atoms with Crippen LogP contribution < -0.4 is 16.0 Å². The summed E-state index contributed by atoms with van der Waals surface area (Å²) in [6.07, 6.45) is 4.50. The van der Waals surface area contributed by atoms with Crippen LogP contribution in [0.15, 0.2) is 35.4 Å². The summed E-state index contributed by atoms with van der Waals surface area (Å²) in [5.41, 5.74) is 0.673. The Balaban J connectivity index is 1.48. The normalized spacial score (nSPS) is 20.8. The summed E-state index contributed by atoms with van der Waals surface area (Å²) >= 11 is 0. The Hall–Kier alpha value is -2.84. The van der Waals surface area contributed by atoms with Gasteiger partial charge in [-0.15, -0.1) is 0 Å². The maximum Gasteiger partial charge on any atom is 0.260 e. The van der Waals surface area contributed by atoms with E-state index in [0.29, 0.717) is 69.6 Å². The molecule has 1 aliphatic carbocycles.